The third kappa shape index (κ3) is 5.93. The van der Waals surface area contributed by atoms with E-state index in [9.17, 15) is 9.59 Å². The van der Waals surface area contributed by atoms with Gasteiger partial charge in [0.25, 0.3) is 0 Å². The monoisotopic (exact) mass is 414 g/mol. The lowest BCUT2D eigenvalue weighted by Gasteiger charge is -2.04. The first-order chi connectivity index (χ1) is 14.8. The number of ether oxygens (including phenoxy) is 2. The first-order valence-corrected chi connectivity index (χ1v) is 9.55. The largest absolute Gasteiger partial charge is 0.457 e. The van der Waals surface area contributed by atoms with Gasteiger partial charge in [0.1, 0.15) is 23.0 Å². The van der Waals surface area contributed by atoms with Crippen molar-refractivity contribution >= 4 is 24.1 Å². The molecule has 1 heterocycles. The summed E-state index contributed by atoms with van der Waals surface area (Å²) < 4.78 is 16.2. The van der Waals surface area contributed by atoms with Crippen molar-refractivity contribution in [2.45, 2.75) is 13.8 Å². The van der Waals surface area contributed by atoms with Crippen LogP contribution in [-0.4, -0.2) is 11.9 Å². The van der Waals surface area contributed by atoms with E-state index in [0.717, 1.165) is 11.1 Å². The number of rotatable bonds is 7. The molecule has 156 valence electrons. The van der Waals surface area contributed by atoms with Crippen LogP contribution in [0.5, 0.6) is 11.5 Å². The normalized spacial score (nSPS) is 10.6. The molecular weight excluding hydrogens is 392 g/mol. The Bertz CT molecular complexity index is 1150. The molecule has 5 heteroatoms. The number of furan rings is 1. The van der Waals surface area contributed by atoms with Crippen molar-refractivity contribution in [3.8, 4) is 22.8 Å². The van der Waals surface area contributed by atoms with Gasteiger partial charge in [0.05, 0.1) is 0 Å². The zero-order chi connectivity index (χ0) is 22.4. The lowest BCUT2D eigenvalue weighted by atomic mass is 10.1. The predicted molar refractivity (Wildman–Crippen MR) is 120 cm³/mol. The standard InChI is InChI=1S/C26H22O5/c1-17(2)25(27)30-22-11-6-19(7-12-22)5-10-21-15-16-24(29-21)20-8-13-23(14-9-20)31-26(28)18(3)4/h5-16H,1,3H2,2,4H3/b10-5+. The van der Waals surface area contributed by atoms with Crippen molar-refractivity contribution in [1.82, 2.24) is 0 Å². The summed E-state index contributed by atoms with van der Waals surface area (Å²) in [7, 11) is 0. The van der Waals surface area contributed by atoms with Gasteiger partial charge in [-0.15, -0.1) is 0 Å². The van der Waals surface area contributed by atoms with E-state index in [0.29, 0.717) is 34.2 Å². The molecule has 5 nitrogen and oxygen atoms in total. The Kier molecular flexibility index (Phi) is 6.67. The van der Waals surface area contributed by atoms with E-state index in [2.05, 4.69) is 13.2 Å². The van der Waals surface area contributed by atoms with E-state index >= 15 is 0 Å². The van der Waals surface area contributed by atoms with Gasteiger partial charge in [-0.2, -0.15) is 0 Å². The third-order valence-corrected chi connectivity index (χ3v) is 4.20. The molecular formula is C26H22O5. The maximum Gasteiger partial charge on any atom is 0.338 e. The van der Waals surface area contributed by atoms with E-state index < -0.39 is 11.9 Å². The van der Waals surface area contributed by atoms with E-state index in [4.69, 9.17) is 13.9 Å². The summed E-state index contributed by atoms with van der Waals surface area (Å²) in [6.07, 6.45) is 3.74. The van der Waals surface area contributed by atoms with Crippen LogP contribution in [0.2, 0.25) is 0 Å². The minimum absolute atomic E-state index is 0.342. The summed E-state index contributed by atoms with van der Waals surface area (Å²) >= 11 is 0. The second-order valence-electron chi connectivity index (χ2n) is 6.97. The lowest BCUT2D eigenvalue weighted by molar-refractivity contribution is -0.130. The van der Waals surface area contributed by atoms with Crippen molar-refractivity contribution < 1.29 is 23.5 Å². The summed E-state index contributed by atoms with van der Waals surface area (Å²) in [4.78, 5) is 23.1. The zero-order valence-electron chi connectivity index (χ0n) is 17.4. The van der Waals surface area contributed by atoms with Crippen LogP contribution in [0.4, 0.5) is 0 Å². The number of carbonyl (C=O) groups excluding carboxylic acids is 2. The molecule has 1 aromatic heterocycles. The molecule has 0 saturated heterocycles. The maximum atomic E-state index is 11.6. The molecule has 2 aromatic carbocycles. The van der Waals surface area contributed by atoms with Crippen molar-refractivity contribution in [3.63, 3.8) is 0 Å². The van der Waals surface area contributed by atoms with Gasteiger partial charge in [-0.25, -0.2) is 9.59 Å². The molecule has 3 rings (SSSR count). The van der Waals surface area contributed by atoms with Gasteiger partial charge in [-0.05, 0) is 74.0 Å². The molecule has 0 atom stereocenters. The van der Waals surface area contributed by atoms with Crippen molar-refractivity contribution in [3.05, 3.63) is 96.3 Å². The smallest absolute Gasteiger partial charge is 0.338 e. The lowest BCUT2D eigenvalue weighted by Crippen LogP contribution is -2.07. The molecule has 0 fully saturated rings. The summed E-state index contributed by atoms with van der Waals surface area (Å²) in [6.45, 7) is 10.3. The second-order valence-corrected chi connectivity index (χ2v) is 6.97. The van der Waals surface area contributed by atoms with Gasteiger partial charge in [0.2, 0.25) is 0 Å². The Hall–Kier alpha value is -4.12. The second kappa shape index (κ2) is 9.59. The molecule has 0 unspecified atom stereocenters. The molecule has 0 saturated carbocycles. The maximum absolute atomic E-state index is 11.6. The highest BCUT2D eigenvalue weighted by molar-refractivity contribution is 5.89. The fourth-order valence-electron chi connectivity index (χ4n) is 2.50. The molecule has 0 bridgehead atoms. The van der Waals surface area contributed by atoms with Crippen LogP contribution in [0, 0.1) is 0 Å². The molecule has 3 aromatic rings. The van der Waals surface area contributed by atoms with Crippen LogP contribution >= 0.6 is 0 Å². The average Bonchev–Trinajstić information content (AvgIpc) is 3.22. The van der Waals surface area contributed by atoms with Gasteiger partial charge >= 0.3 is 11.9 Å². The molecule has 0 amide bonds. The van der Waals surface area contributed by atoms with Crippen LogP contribution in [0.1, 0.15) is 25.2 Å². The summed E-state index contributed by atoms with van der Waals surface area (Å²) in [6, 6.07) is 17.9. The highest BCUT2D eigenvalue weighted by atomic mass is 16.5. The van der Waals surface area contributed by atoms with Crippen LogP contribution in [0.3, 0.4) is 0 Å². The highest BCUT2D eigenvalue weighted by Gasteiger charge is 2.08. The fourth-order valence-corrected chi connectivity index (χ4v) is 2.50. The average molecular weight is 414 g/mol. The molecule has 0 aliphatic heterocycles. The van der Waals surface area contributed by atoms with E-state index in [1.54, 1.807) is 38.1 Å². The number of hydrogen-bond donors (Lipinski definition) is 0. The Balaban J connectivity index is 1.63. The van der Waals surface area contributed by atoms with Gasteiger partial charge in [-0.3, -0.25) is 0 Å². The van der Waals surface area contributed by atoms with Gasteiger partial charge < -0.3 is 13.9 Å². The highest BCUT2D eigenvalue weighted by Crippen LogP contribution is 2.26. The molecule has 0 aliphatic rings. The van der Waals surface area contributed by atoms with Crippen molar-refractivity contribution in [2.75, 3.05) is 0 Å². The predicted octanol–water partition coefficient (Wildman–Crippen LogP) is 6.08. The van der Waals surface area contributed by atoms with Crippen LogP contribution in [0.25, 0.3) is 23.5 Å². The van der Waals surface area contributed by atoms with Gasteiger partial charge in [0.15, 0.2) is 0 Å². The third-order valence-electron chi connectivity index (χ3n) is 4.20. The van der Waals surface area contributed by atoms with Crippen LogP contribution in [0.15, 0.2) is 89.4 Å². The summed E-state index contributed by atoms with van der Waals surface area (Å²) in [5, 5.41) is 0. The number of esters is 2. The molecule has 0 radical (unpaired) electrons. The fraction of sp³-hybridized carbons (Fsp3) is 0.0769. The minimum Gasteiger partial charge on any atom is -0.457 e. The quantitative estimate of drug-likeness (QED) is 0.266. The SMILES string of the molecule is C=C(C)C(=O)Oc1ccc(/C=C/c2ccc(-c3ccc(OC(=O)C(=C)C)cc3)o2)cc1. The number of benzene rings is 2. The van der Waals surface area contributed by atoms with E-state index in [-0.39, 0.29) is 0 Å². The zero-order valence-corrected chi connectivity index (χ0v) is 17.4. The minimum atomic E-state index is -0.458. The number of carbonyl (C=O) groups is 2. The Labute approximate surface area is 180 Å². The van der Waals surface area contributed by atoms with E-state index in [1.807, 2.05) is 48.6 Å². The number of hydrogen-bond acceptors (Lipinski definition) is 5. The summed E-state index contributed by atoms with van der Waals surface area (Å²) in [5.41, 5.74) is 2.48. The Morgan fingerprint density at radius 3 is 1.77 bits per heavy atom. The molecule has 0 aliphatic carbocycles. The van der Waals surface area contributed by atoms with E-state index in [1.165, 1.54) is 0 Å². The first-order valence-electron chi connectivity index (χ1n) is 9.55. The van der Waals surface area contributed by atoms with Crippen molar-refractivity contribution in [1.29, 1.82) is 0 Å². The molecule has 31 heavy (non-hydrogen) atoms. The first kappa shape index (κ1) is 21.6. The van der Waals surface area contributed by atoms with Crippen molar-refractivity contribution in [2.24, 2.45) is 0 Å². The van der Waals surface area contributed by atoms with Crippen LogP contribution < -0.4 is 9.47 Å². The van der Waals surface area contributed by atoms with Crippen LogP contribution in [-0.2, 0) is 9.59 Å². The van der Waals surface area contributed by atoms with Gasteiger partial charge in [-0.1, -0.05) is 31.4 Å². The Morgan fingerprint density at radius 1 is 0.742 bits per heavy atom. The summed E-state index contributed by atoms with van der Waals surface area (Å²) in [5.74, 6) is 1.38. The van der Waals surface area contributed by atoms with Gasteiger partial charge in [0, 0.05) is 16.7 Å². The molecule has 0 N–H and O–H groups in total. The Morgan fingerprint density at radius 2 is 1.26 bits per heavy atom. The topological polar surface area (TPSA) is 65.7 Å². The molecule has 0 spiro atoms.